The number of halogens is 4. The molecule has 0 atom stereocenters. The van der Waals surface area contributed by atoms with Crippen LogP contribution < -0.4 is 18.8 Å². The van der Waals surface area contributed by atoms with E-state index in [1.165, 1.54) is 0 Å². The molecule has 5 heteroatoms. The number of rotatable bonds is 0. The molecule has 0 heterocycles. The average molecular weight is 319 g/mol. The summed E-state index contributed by atoms with van der Waals surface area (Å²) in [6, 6.07) is 0. The van der Waals surface area contributed by atoms with Gasteiger partial charge in [-0.3, -0.25) is 0 Å². The Labute approximate surface area is 34.2 Å². The van der Waals surface area contributed by atoms with Crippen molar-refractivity contribution in [2.75, 3.05) is 0 Å². The molecule has 0 nitrogen and oxygen atoms in total. The van der Waals surface area contributed by atoms with Gasteiger partial charge in [0.05, 0.1) is 0 Å². The first kappa shape index (κ1) is 7180. The van der Waals surface area contributed by atoms with Gasteiger partial charge in [0.25, 0.3) is 0 Å². The van der Waals surface area contributed by atoms with Gasteiger partial charge in [0.2, 0.25) is 0 Å². The van der Waals surface area contributed by atoms with Crippen LogP contribution in [0.4, 0.5) is 0 Å². The van der Waals surface area contributed by atoms with E-state index in [1.54, 1.807) is 0 Å². The number of hydrogen-bond acceptors (Lipinski definition) is 0. The van der Waals surface area contributed by atoms with E-state index in [4.69, 9.17) is 0 Å². The first-order valence-electron chi connectivity index (χ1n) is 0. The fraction of sp³-hybridized carbons (Fsp3) is 0. The van der Waals surface area contributed by atoms with Gasteiger partial charge in [0.15, 0.2) is 0 Å². The second-order valence-electron chi connectivity index (χ2n) is 0. The van der Waals surface area contributed by atoms with E-state index in [0.717, 1.165) is 0 Å². The molecule has 0 aliphatic rings. The van der Waals surface area contributed by atoms with Crippen LogP contribution in [0.2, 0.25) is 0 Å². The predicted octanol–water partition coefficient (Wildman–Crippen LogP) is -12.0. The van der Waals surface area contributed by atoms with E-state index < -0.39 is 0 Å². The summed E-state index contributed by atoms with van der Waals surface area (Å²) in [7, 11) is 0. The van der Waals surface area contributed by atoms with Crippen LogP contribution in [0.1, 0.15) is 0 Å². The van der Waals surface area contributed by atoms with Crippen molar-refractivity contribution >= 4 is 0 Å². The van der Waals surface area contributed by atoms with Gasteiger partial charge >= 0.3 is 0 Å². The number of hydrogen-bond donors (Lipinski definition) is 0. The fourth-order valence-electron chi connectivity index (χ4n) is 0. The molecule has 0 aromatic rings. The zero-order valence-electron chi connectivity index (χ0n) is 1.89. The predicted molar refractivity (Wildman–Crippen MR) is 0 cm³/mol. The summed E-state index contributed by atoms with van der Waals surface area (Å²) in [5, 5.41) is 0. The van der Waals surface area contributed by atoms with Gasteiger partial charge in [-0.15, -0.1) is 0 Å². The molecule has 0 aliphatic heterocycles. The third kappa shape index (κ3) is 1520. The van der Waals surface area contributed by atoms with E-state index in [9.17, 15) is 0 Å². The Kier molecular flexibility index (Phi) is 4750000. The van der Waals surface area contributed by atoms with Crippen LogP contribution in [-0.2, 0) is 0 Å². The summed E-state index contributed by atoms with van der Waals surface area (Å²) in [5.41, 5.74) is 0. The van der Waals surface area contributed by atoms with Gasteiger partial charge in [-0.2, -0.15) is 0 Å². The van der Waals surface area contributed by atoms with Crippen molar-refractivity contribution in [2.45, 2.75) is 0 Å². The Morgan fingerprint density at radius 2 is 0.400 bits per heavy atom. The van der Waals surface area contributed by atoms with E-state index >= 15 is 0 Å². The Hall–Kier alpha value is 0.110. The summed E-state index contributed by atoms with van der Waals surface area (Å²) >= 11 is 0. The summed E-state index contributed by atoms with van der Waals surface area (Å²) in [6.07, 6.45) is 0. The van der Waals surface area contributed by atoms with Gasteiger partial charge in [0, 0.05) is 14.3 Å². The molecule has 0 spiro atoms. The molecule has 5 heavy (non-hydrogen) atoms. The van der Waals surface area contributed by atoms with Crippen molar-refractivity contribution in [1.29, 1.82) is 0 Å². The summed E-state index contributed by atoms with van der Waals surface area (Å²) in [6.45, 7) is 0. The summed E-state index contributed by atoms with van der Waals surface area (Å²) in [5.74, 6) is 0. The fourth-order valence-corrected chi connectivity index (χ4v) is 0. The van der Waals surface area contributed by atoms with Crippen molar-refractivity contribution in [3.8, 4) is 0 Å². The second-order valence-corrected chi connectivity index (χ2v) is 0. The summed E-state index contributed by atoms with van der Waals surface area (Å²) < 4.78 is 0. The standard InChI is InChI=1S/Am.4FH/h;4*1H/p-4. The van der Waals surface area contributed by atoms with Crippen LogP contribution in [0.3, 0.4) is 0 Å². The maximum atomic E-state index is 0. The Bertz CT molecular complexity index is 3.61. The van der Waals surface area contributed by atoms with Gasteiger partial charge in [-0.1, -0.05) is 0 Å². The topological polar surface area (TPSA) is 0 Å². The summed E-state index contributed by atoms with van der Waals surface area (Å²) in [4.78, 5) is 0. The van der Waals surface area contributed by atoms with Gasteiger partial charge < -0.3 is 18.8 Å². The van der Waals surface area contributed by atoms with Crippen LogP contribution in [0.15, 0.2) is 0 Å². The van der Waals surface area contributed by atoms with Crippen molar-refractivity contribution < 1.29 is 33.1 Å². The molecule has 0 N–H and O–H groups in total. The van der Waals surface area contributed by atoms with E-state index in [1.807, 2.05) is 0 Å². The van der Waals surface area contributed by atoms with Gasteiger partial charge in [-0.25, -0.2) is 0 Å². The molecule has 0 saturated carbocycles. The molecule has 0 fully saturated rings. The maximum Gasteiger partial charge on any atom is 0 e. The first-order chi connectivity index (χ1) is 0. The zero-order chi connectivity index (χ0) is 0. The van der Waals surface area contributed by atoms with Crippen LogP contribution in [0, 0.1) is 14.3 Å². The van der Waals surface area contributed by atoms with Crippen LogP contribution >= 0.6 is 0 Å². The molecule has 0 saturated heterocycles. The van der Waals surface area contributed by atoms with Gasteiger partial charge in [0.1, 0.15) is 0 Å². The normalized spacial score (nSPS) is 0. The average Bonchev–Trinajstić information content (AvgIpc) is 0. The van der Waals surface area contributed by atoms with Crippen LogP contribution in [0.25, 0.3) is 0 Å². The molecule has 0 rings (SSSR count). The molecule has 0 aromatic heterocycles. The Morgan fingerprint density at radius 3 is 0.400 bits per heavy atom. The molecule has 0 aromatic carbocycles. The monoisotopic (exact) mass is 317 g/mol. The van der Waals surface area contributed by atoms with Crippen molar-refractivity contribution in [2.24, 2.45) is 0 Å². The molecule has 1 radical (unpaired) electrons. The quantitative estimate of drug-likeness (QED) is 0.389. The molecule has 0 bridgehead atoms. The third-order valence-corrected chi connectivity index (χ3v) is 0. The second kappa shape index (κ2) is 3310. The van der Waals surface area contributed by atoms with Crippen LogP contribution in [-0.4, -0.2) is 0 Å². The Balaban J connectivity index is 0. The molecular weight excluding hydrogens is 319 g/mol. The largest absolute Gasteiger partial charge is 1.00 e. The van der Waals surface area contributed by atoms with Gasteiger partial charge in [-0.05, 0) is 0 Å². The molecule has 0 unspecified atom stereocenters. The SMILES string of the molecule is [Am].[F-].[F-].[F-].[F-]. The zero-order valence-corrected chi connectivity index (χ0v) is 5.04. The van der Waals surface area contributed by atoms with E-state index in [0.29, 0.717) is 0 Å². The first-order valence-corrected chi connectivity index (χ1v) is 0. The van der Waals surface area contributed by atoms with Crippen molar-refractivity contribution in [1.82, 2.24) is 0 Å². The maximum absolute atomic E-state index is 0. The molecule has 0 aliphatic carbocycles. The minimum absolute atomic E-state index is 0. The van der Waals surface area contributed by atoms with Crippen molar-refractivity contribution in [3.05, 3.63) is 0 Å². The minimum Gasteiger partial charge on any atom is -1.00 e. The minimum atomic E-state index is 0. The van der Waals surface area contributed by atoms with Crippen molar-refractivity contribution in [3.63, 3.8) is 0 Å². The van der Waals surface area contributed by atoms with Crippen LogP contribution in [0.5, 0.6) is 0 Å². The third-order valence-electron chi connectivity index (χ3n) is 0. The molecule has 0 amide bonds. The molecule has 39 valence electrons. The molecular formula is AmF4-4. The Morgan fingerprint density at radius 1 is 0.400 bits per heavy atom. The smallest absolute Gasteiger partial charge is 0 e. The van der Waals surface area contributed by atoms with E-state index in [2.05, 4.69) is 0 Å². The van der Waals surface area contributed by atoms with E-state index in [-0.39, 0.29) is 33.1 Å².